The molecule has 1 fully saturated rings. The van der Waals surface area contributed by atoms with Crippen LogP contribution in [0.4, 0.5) is 0 Å². The van der Waals surface area contributed by atoms with Crippen LogP contribution in [0.15, 0.2) is 30.3 Å². The van der Waals surface area contributed by atoms with Crippen molar-refractivity contribution in [3.63, 3.8) is 0 Å². The van der Waals surface area contributed by atoms with Crippen LogP contribution in [0, 0.1) is 0 Å². The fourth-order valence-electron chi connectivity index (χ4n) is 2.71. The highest BCUT2D eigenvalue weighted by atomic mass is 16.2. The van der Waals surface area contributed by atoms with Crippen molar-refractivity contribution in [2.75, 3.05) is 6.54 Å². The predicted octanol–water partition coefficient (Wildman–Crippen LogP) is 2.48. The molecule has 0 unspecified atom stereocenters. The van der Waals surface area contributed by atoms with Crippen molar-refractivity contribution < 1.29 is 9.59 Å². The Morgan fingerprint density at radius 1 is 1.29 bits per heavy atom. The van der Waals surface area contributed by atoms with E-state index in [9.17, 15) is 9.59 Å². The van der Waals surface area contributed by atoms with Crippen LogP contribution < -0.4 is 5.32 Å². The van der Waals surface area contributed by atoms with E-state index in [1.165, 1.54) is 0 Å². The summed E-state index contributed by atoms with van der Waals surface area (Å²) in [6, 6.07) is 9.56. The van der Waals surface area contributed by atoms with Crippen LogP contribution in [0.25, 0.3) is 0 Å². The number of hydrogen-bond acceptors (Lipinski definition) is 2. The van der Waals surface area contributed by atoms with Gasteiger partial charge in [-0.3, -0.25) is 9.59 Å². The van der Waals surface area contributed by atoms with Crippen molar-refractivity contribution in [2.45, 2.75) is 51.6 Å². The molecule has 1 N–H and O–H groups in total. The number of amides is 2. The van der Waals surface area contributed by atoms with Crippen LogP contribution in [-0.4, -0.2) is 29.3 Å². The minimum atomic E-state index is -0.280. The van der Waals surface area contributed by atoms with Gasteiger partial charge in [-0.2, -0.15) is 0 Å². The highest BCUT2D eigenvalue weighted by Crippen LogP contribution is 2.19. The molecule has 1 aliphatic rings. The molecule has 0 spiro atoms. The lowest BCUT2D eigenvalue weighted by molar-refractivity contribution is -0.138. The number of likely N-dealkylation sites (tertiary alicyclic amines) is 1. The Bertz CT molecular complexity index is 473. The maximum atomic E-state index is 12.3. The van der Waals surface area contributed by atoms with Gasteiger partial charge in [0.2, 0.25) is 11.8 Å². The number of nitrogens with zero attached hydrogens (tertiary/aromatic N) is 1. The van der Waals surface area contributed by atoms with Gasteiger partial charge in [-0.15, -0.1) is 0 Å². The third-order valence-corrected chi connectivity index (χ3v) is 3.93. The Labute approximate surface area is 126 Å². The molecule has 0 saturated carbocycles. The van der Waals surface area contributed by atoms with Crippen LogP contribution in [0.1, 0.15) is 44.6 Å². The summed E-state index contributed by atoms with van der Waals surface area (Å²) in [6.45, 7) is 3.31. The lowest BCUT2D eigenvalue weighted by atomic mass is 10.1. The van der Waals surface area contributed by atoms with Gasteiger partial charge in [0.1, 0.15) is 6.04 Å². The van der Waals surface area contributed by atoms with Gasteiger partial charge in [0.05, 0.1) is 0 Å². The van der Waals surface area contributed by atoms with E-state index in [1.54, 1.807) is 4.90 Å². The SMILES string of the molecule is CCCCC(=O)N1CCC[C@H]1C(=O)NCc1ccccc1. The van der Waals surface area contributed by atoms with E-state index in [1.807, 2.05) is 30.3 Å². The van der Waals surface area contributed by atoms with Crippen molar-refractivity contribution in [3.8, 4) is 0 Å². The zero-order valence-corrected chi connectivity index (χ0v) is 12.7. The Kier molecular flexibility index (Phi) is 5.78. The molecule has 2 amide bonds. The first kappa shape index (κ1) is 15.5. The van der Waals surface area contributed by atoms with Crippen molar-refractivity contribution in [1.29, 1.82) is 0 Å². The molecule has 1 heterocycles. The molecular weight excluding hydrogens is 264 g/mol. The molecule has 4 heteroatoms. The average Bonchev–Trinajstić information content (AvgIpc) is 3.01. The number of carbonyl (C=O) groups is 2. The fourth-order valence-corrected chi connectivity index (χ4v) is 2.71. The molecule has 0 radical (unpaired) electrons. The van der Waals surface area contributed by atoms with Gasteiger partial charge < -0.3 is 10.2 Å². The third kappa shape index (κ3) is 4.31. The molecule has 2 rings (SSSR count). The largest absolute Gasteiger partial charge is 0.350 e. The number of unbranched alkanes of at least 4 members (excludes halogenated alkanes) is 1. The standard InChI is InChI=1S/C17H24N2O2/c1-2-3-11-16(20)19-12-7-10-15(19)17(21)18-13-14-8-5-4-6-9-14/h4-6,8-9,15H,2-3,7,10-13H2,1H3,(H,18,21)/t15-/m0/s1. The molecule has 0 bridgehead atoms. The van der Waals surface area contributed by atoms with Gasteiger partial charge in [0, 0.05) is 19.5 Å². The molecule has 1 saturated heterocycles. The zero-order valence-electron chi connectivity index (χ0n) is 12.7. The van der Waals surface area contributed by atoms with Gasteiger partial charge in [-0.05, 0) is 24.8 Å². The van der Waals surface area contributed by atoms with Crippen LogP contribution in [0.2, 0.25) is 0 Å². The molecule has 1 atom stereocenters. The lowest BCUT2D eigenvalue weighted by Crippen LogP contribution is -2.45. The number of hydrogen-bond donors (Lipinski definition) is 1. The maximum Gasteiger partial charge on any atom is 0.243 e. The second kappa shape index (κ2) is 7.81. The molecular formula is C17H24N2O2. The first-order valence-corrected chi connectivity index (χ1v) is 7.83. The lowest BCUT2D eigenvalue weighted by Gasteiger charge is -2.24. The fraction of sp³-hybridized carbons (Fsp3) is 0.529. The summed E-state index contributed by atoms with van der Waals surface area (Å²) in [6.07, 6.45) is 4.15. The van der Waals surface area contributed by atoms with E-state index in [2.05, 4.69) is 12.2 Å². The second-order valence-electron chi connectivity index (χ2n) is 5.55. The van der Waals surface area contributed by atoms with E-state index < -0.39 is 0 Å². The molecule has 1 aromatic rings. The van der Waals surface area contributed by atoms with Gasteiger partial charge in [-0.25, -0.2) is 0 Å². The van der Waals surface area contributed by atoms with Gasteiger partial charge in [0.15, 0.2) is 0 Å². The van der Waals surface area contributed by atoms with E-state index in [4.69, 9.17) is 0 Å². The summed E-state index contributed by atoms with van der Waals surface area (Å²) in [4.78, 5) is 26.2. The van der Waals surface area contributed by atoms with E-state index in [0.29, 0.717) is 19.5 Å². The van der Waals surface area contributed by atoms with E-state index in [0.717, 1.165) is 31.2 Å². The Hall–Kier alpha value is -1.84. The molecule has 0 aliphatic carbocycles. The highest BCUT2D eigenvalue weighted by Gasteiger charge is 2.33. The van der Waals surface area contributed by atoms with Crippen molar-refractivity contribution in [2.24, 2.45) is 0 Å². The monoisotopic (exact) mass is 288 g/mol. The molecule has 1 aromatic carbocycles. The topological polar surface area (TPSA) is 49.4 Å². The minimum Gasteiger partial charge on any atom is -0.350 e. The van der Waals surface area contributed by atoms with Gasteiger partial charge in [-0.1, -0.05) is 43.7 Å². The Morgan fingerprint density at radius 2 is 2.05 bits per heavy atom. The first-order chi connectivity index (χ1) is 10.2. The third-order valence-electron chi connectivity index (χ3n) is 3.93. The molecule has 114 valence electrons. The van der Waals surface area contributed by atoms with Crippen molar-refractivity contribution in [3.05, 3.63) is 35.9 Å². The molecule has 0 aromatic heterocycles. The van der Waals surface area contributed by atoms with Crippen molar-refractivity contribution >= 4 is 11.8 Å². The molecule has 4 nitrogen and oxygen atoms in total. The smallest absolute Gasteiger partial charge is 0.243 e. The second-order valence-corrected chi connectivity index (χ2v) is 5.55. The van der Waals surface area contributed by atoms with Crippen LogP contribution in [0.5, 0.6) is 0 Å². The zero-order chi connectivity index (χ0) is 15.1. The highest BCUT2D eigenvalue weighted by molar-refractivity contribution is 5.88. The van der Waals surface area contributed by atoms with Gasteiger partial charge >= 0.3 is 0 Å². The first-order valence-electron chi connectivity index (χ1n) is 7.83. The molecule has 1 aliphatic heterocycles. The van der Waals surface area contributed by atoms with E-state index >= 15 is 0 Å². The predicted molar refractivity (Wildman–Crippen MR) is 82.5 cm³/mol. The Balaban J connectivity index is 1.87. The van der Waals surface area contributed by atoms with Gasteiger partial charge in [0.25, 0.3) is 0 Å². The summed E-state index contributed by atoms with van der Waals surface area (Å²) in [5, 5.41) is 2.95. The average molecular weight is 288 g/mol. The summed E-state index contributed by atoms with van der Waals surface area (Å²) < 4.78 is 0. The van der Waals surface area contributed by atoms with E-state index in [-0.39, 0.29) is 17.9 Å². The summed E-state index contributed by atoms with van der Waals surface area (Å²) in [7, 11) is 0. The summed E-state index contributed by atoms with van der Waals surface area (Å²) in [5.41, 5.74) is 1.08. The van der Waals surface area contributed by atoms with Crippen molar-refractivity contribution in [1.82, 2.24) is 10.2 Å². The minimum absolute atomic E-state index is 0.0267. The van der Waals surface area contributed by atoms with Crippen LogP contribution >= 0.6 is 0 Å². The summed E-state index contributed by atoms with van der Waals surface area (Å²) in [5.74, 6) is 0.0930. The number of benzene rings is 1. The van der Waals surface area contributed by atoms with Crippen LogP contribution in [0.3, 0.4) is 0 Å². The number of nitrogens with one attached hydrogen (secondary N) is 1. The number of carbonyl (C=O) groups excluding carboxylic acids is 2. The Morgan fingerprint density at radius 3 is 2.76 bits per heavy atom. The summed E-state index contributed by atoms with van der Waals surface area (Å²) >= 11 is 0. The molecule has 21 heavy (non-hydrogen) atoms. The number of rotatable bonds is 6. The maximum absolute atomic E-state index is 12.3. The quantitative estimate of drug-likeness (QED) is 0.874. The normalized spacial score (nSPS) is 17.8. The van der Waals surface area contributed by atoms with Crippen LogP contribution in [-0.2, 0) is 16.1 Å².